The summed E-state index contributed by atoms with van der Waals surface area (Å²) in [5, 5.41) is 5.77. The predicted molar refractivity (Wildman–Crippen MR) is 84.0 cm³/mol. The van der Waals surface area contributed by atoms with Crippen molar-refractivity contribution >= 4 is 28.2 Å². The third-order valence-corrected chi connectivity index (χ3v) is 5.14. The van der Waals surface area contributed by atoms with Crippen molar-refractivity contribution in [1.82, 2.24) is 15.2 Å². The average Bonchev–Trinajstić information content (AvgIpc) is 2.84. The maximum absolute atomic E-state index is 12.2. The van der Waals surface area contributed by atoms with Gasteiger partial charge < -0.3 is 15.0 Å². The summed E-state index contributed by atoms with van der Waals surface area (Å²) in [6, 6.07) is -0.235. The number of rotatable bonds is 4. The number of morpholine rings is 1. The van der Waals surface area contributed by atoms with E-state index >= 15 is 0 Å². The number of hydrogen-bond acceptors (Lipinski definition) is 5. The summed E-state index contributed by atoms with van der Waals surface area (Å²) in [6.07, 6.45) is 1.48. The minimum absolute atomic E-state index is 0.105. The van der Waals surface area contributed by atoms with Crippen molar-refractivity contribution < 1.29 is 13.7 Å². The van der Waals surface area contributed by atoms with Gasteiger partial charge >= 0.3 is 6.03 Å². The summed E-state index contributed by atoms with van der Waals surface area (Å²) in [5.41, 5.74) is 0.972. The first kappa shape index (κ1) is 16.4. The number of carbonyl (C=O) groups excluding carboxylic acids is 1. The van der Waals surface area contributed by atoms with Crippen LogP contribution in [-0.4, -0.2) is 57.9 Å². The van der Waals surface area contributed by atoms with Gasteiger partial charge in [0.05, 0.1) is 13.2 Å². The van der Waals surface area contributed by atoms with Crippen LogP contribution in [-0.2, 0) is 15.5 Å². The Bertz CT molecular complexity index is 521. The normalized spacial score (nSPS) is 21.9. The molecule has 2 rings (SSSR count). The molecule has 1 N–H and O–H groups in total. The third-order valence-electron chi connectivity index (χ3n) is 3.12. The van der Waals surface area contributed by atoms with Crippen LogP contribution < -0.4 is 5.32 Å². The van der Waals surface area contributed by atoms with Crippen LogP contribution in [0.15, 0.2) is 5.38 Å². The van der Waals surface area contributed by atoms with Gasteiger partial charge in [-0.1, -0.05) is 0 Å². The van der Waals surface area contributed by atoms with Gasteiger partial charge in [0, 0.05) is 46.5 Å². The fourth-order valence-electron chi connectivity index (χ4n) is 2.20. The van der Waals surface area contributed by atoms with Crippen molar-refractivity contribution in [3.8, 4) is 0 Å². The molecular formula is C13H21N3O3S2. The zero-order valence-corrected chi connectivity index (χ0v) is 14.1. The van der Waals surface area contributed by atoms with Crippen LogP contribution in [0, 0.1) is 6.92 Å². The lowest BCUT2D eigenvalue weighted by Gasteiger charge is -2.32. The number of aromatic nitrogens is 1. The Labute approximate surface area is 131 Å². The van der Waals surface area contributed by atoms with Crippen molar-refractivity contribution in [1.29, 1.82) is 0 Å². The lowest BCUT2D eigenvalue weighted by atomic mass is 10.3. The van der Waals surface area contributed by atoms with Crippen molar-refractivity contribution in [3.63, 3.8) is 0 Å². The molecule has 0 aromatic carbocycles. The highest BCUT2D eigenvalue weighted by Gasteiger charge is 2.27. The summed E-state index contributed by atoms with van der Waals surface area (Å²) in [6.45, 7) is 5.38. The number of aryl methyl sites for hydroxylation is 1. The van der Waals surface area contributed by atoms with E-state index in [9.17, 15) is 9.00 Å². The molecule has 0 radical (unpaired) electrons. The van der Waals surface area contributed by atoms with Crippen molar-refractivity contribution in [2.75, 3.05) is 31.7 Å². The van der Waals surface area contributed by atoms with Gasteiger partial charge in [0.25, 0.3) is 0 Å². The fourth-order valence-corrected chi connectivity index (χ4v) is 3.82. The largest absolute Gasteiger partial charge is 0.367 e. The molecule has 118 valence electrons. The molecule has 1 aromatic rings. The summed E-state index contributed by atoms with van der Waals surface area (Å²) < 4.78 is 16.9. The van der Waals surface area contributed by atoms with E-state index in [4.69, 9.17) is 4.74 Å². The van der Waals surface area contributed by atoms with Crippen LogP contribution in [0.2, 0.25) is 0 Å². The first-order valence-electron chi connectivity index (χ1n) is 6.85. The number of ether oxygens (including phenoxy) is 1. The lowest BCUT2D eigenvalue weighted by Crippen LogP contribution is -2.50. The predicted octanol–water partition coefficient (Wildman–Crippen LogP) is 1.30. The molecule has 0 aliphatic carbocycles. The molecule has 2 heterocycles. The SMILES string of the molecule is Cc1csc(C2CN(C(=O)NC(C)CS(C)=O)CCO2)n1. The Balaban J connectivity index is 1.91. The molecule has 1 aromatic heterocycles. The van der Waals surface area contributed by atoms with Gasteiger partial charge in [-0.05, 0) is 13.8 Å². The third kappa shape index (κ3) is 4.76. The maximum atomic E-state index is 12.2. The van der Waals surface area contributed by atoms with Gasteiger partial charge in [0.2, 0.25) is 0 Å². The molecule has 3 atom stereocenters. The van der Waals surface area contributed by atoms with Crippen LogP contribution in [0.25, 0.3) is 0 Å². The Hall–Kier alpha value is -0.990. The van der Waals surface area contributed by atoms with E-state index in [2.05, 4.69) is 10.3 Å². The molecule has 21 heavy (non-hydrogen) atoms. The summed E-state index contributed by atoms with van der Waals surface area (Å²) in [4.78, 5) is 18.4. The van der Waals surface area contributed by atoms with Crippen molar-refractivity contribution in [2.24, 2.45) is 0 Å². The molecule has 1 aliphatic heterocycles. The van der Waals surface area contributed by atoms with Crippen molar-refractivity contribution in [2.45, 2.75) is 26.0 Å². The molecule has 2 amide bonds. The highest BCUT2D eigenvalue weighted by molar-refractivity contribution is 7.84. The molecule has 0 spiro atoms. The van der Waals surface area contributed by atoms with Crippen LogP contribution in [0.1, 0.15) is 23.7 Å². The maximum Gasteiger partial charge on any atom is 0.317 e. The van der Waals surface area contributed by atoms with E-state index in [1.54, 1.807) is 22.5 Å². The number of urea groups is 1. The smallest absolute Gasteiger partial charge is 0.317 e. The first-order valence-corrected chi connectivity index (χ1v) is 9.45. The van der Waals surface area contributed by atoms with E-state index in [1.807, 2.05) is 19.2 Å². The minimum Gasteiger partial charge on any atom is -0.367 e. The highest BCUT2D eigenvalue weighted by Crippen LogP contribution is 2.25. The summed E-state index contributed by atoms with van der Waals surface area (Å²) in [5.74, 6) is 0.463. The van der Waals surface area contributed by atoms with E-state index in [-0.39, 0.29) is 18.2 Å². The number of amides is 2. The van der Waals surface area contributed by atoms with Crippen LogP contribution in [0.5, 0.6) is 0 Å². The Morgan fingerprint density at radius 2 is 2.48 bits per heavy atom. The molecule has 1 aliphatic rings. The van der Waals surface area contributed by atoms with Gasteiger partial charge in [0.15, 0.2) is 0 Å². The molecule has 0 bridgehead atoms. The van der Waals surface area contributed by atoms with Gasteiger partial charge in [-0.25, -0.2) is 9.78 Å². The monoisotopic (exact) mass is 331 g/mol. The quantitative estimate of drug-likeness (QED) is 0.903. The van der Waals surface area contributed by atoms with Gasteiger partial charge in [0.1, 0.15) is 11.1 Å². The lowest BCUT2D eigenvalue weighted by molar-refractivity contribution is -0.0157. The number of hydrogen-bond donors (Lipinski definition) is 1. The Kier molecular flexibility index (Phi) is 5.72. The van der Waals surface area contributed by atoms with Crippen molar-refractivity contribution in [3.05, 3.63) is 16.1 Å². The molecule has 6 nitrogen and oxygen atoms in total. The van der Waals surface area contributed by atoms with Gasteiger partial charge in [-0.15, -0.1) is 11.3 Å². The van der Waals surface area contributed by atoms with Crippen LogP contribution >= 0.6 is 11.3 Å². The summed E-state index contributed by atoms with van der Waals surface area (Å²) in [7, 11) is -0.917. The molecule has 1 saturated heterocycles. The minimum atomic E-state index is -0.917. The number of nitrogens with zero attached hydrogens (tertiary/aromatic N) is 2. The van der Waals surface area contributed by atoms with Crippen LogP contribution in [0.4, 0.5) is 4.79 Å². The number of carbonyl (C=O) groups is 1. The molecule has 8 heteroatoms. The van der Waals surface area contributed by atoms with E-state index in [0.29, 0.717) is 25.4 Å². The zero-order valence-electron chi connectivity index (χ0n) is 12.5. The first-order chi connectivity index (χ1) is 9.95. The average molecular weight is 331 g/mol. The highest BCUT2D eigenvalue weighted by atomic mass is 32.2. The number of nitrogens with one attached hydrogen (secondary N) is 1. The molecule has 1 fully saturated rings. The second kappa shape index (κ2) is 7.33. The second-order valence-electron chi connectivity index (χ2n) is 5.22. The topological polar surface area (TPSA) is 71.5 Å². The van der Waals surface area contributed by atoms with E-state index < -0.39 is 10.8 Å². The molecular weight excluding hydrogens is 310 g/mol. The number of thiazole rings is 1. The summed E-state index contributed by atoms with van der Waals surface area (Å²) >= 11 is 1.56. The standard InChI is InChI=1S/C13H21N3O3S2/c1-9-7-20-12(14-9)11-6-16(4-5-19-11)13(17)15-10(2)8-21(3)18/h7,10-11H,4-6,8H2,1-3H3,(H,15,17). The fraction of sp³-hybridized carbons (Fsp3) is 0.692. The van der Waals surface area contributed by atoms with Crippen LogP contribution in [0.3, 0.4) is 0 Å². The molecule has 3 unspecified atom stereocenters. The van der Waals surface area contributed by atoms with Gasteiger partial charge in [-0.2, -0.15) is 0 Å². The Morgan fingerprint density at radius 3 is 3.10 bits per heavy atom. The van der Waals surface area contributed by atoms with E-state index in [1.165, 1.54) is 0 Å². The van der Waals surface area contributed by atoms with Gasteiger partial charge in [-0.3, -0.25) is 4.21 Å². The second-order valence-corrected chi connectivity index (χ2v) is 7.59. The Morgan fingerprint density at radius 1 is 1.71 bits per heavy atom. The zero-order chi connectivity index (χ0) is 15.4. The van der Waals surface area contributed by atoms with E-state index in [0.717, 1.165) is 10.7 Å². The molecule has 0 saturated carbocycles.